The third kappa shape index (κ3) is 4.69. The second-order valence-electron chi connectivity index (χ2n) is 9.91. The molecule has 192 valence electrons. The van der Waals surface area contributed by atoms with Crippen LogP contribution in [0.5, 0.6) is 0 Å². The van der Waals surface area contributed by atoms with Crippen molar-refractivity contribution in [1.29, 1.82) is 0 Å². The van der Waals surface area contributed by atoms with Crippen LogP contribution in [0.1, 0.15) is 39.7 Å². The van der Waals surface area contributed by atoms with Crippen LogP contribution in [-0.2, 0) is 22.6 Å². The number of pyridine rings is 1. The van der Waals surface area contributed by atoms with Gasteiger partial charge >= 0.3 is 0 Å². The van der Waals surface area contributed by atoms with Crippen molar-refractivity contribution in [2.45, 2.75) is 47.1 Å². The van der Waals surface area contributed by atoms with Crippen LogP contribution in [0.25, 0.3) is 11.0 Å². The first-order chi connectivity index (χ1) is 17.2. The summed E-state index contributed by atoms with van der Waals surface area (Å²) in [5.41, 5.74) is 2.18. The molecule has 3 heterocycles. The van der Waals surface area contributed by atoms with E-state index in [2.05, 4.69) is 17.9 Å². The van der Waals surface area contributed by atoms with Crippen LogP contribution in [0, 0.1) is 5.41 Å². The van der Waals surface area contributed by atoms with Crippen molar-refractivity contribution in [2.75, 3.05) is 43.0 Å². The molecular formula is C28H36N4O4. The third-order valence-corrected chi connectivity index (χ3v) is 7.26. The molecule has 0 bridgehead atoms. The average Bonchev–Trinajstić information content (AvgIpc) is 3.35. The monoisotopic (exact) mass is 492 g/mol. The molecule has 0 aliphatic carbocycles. The Hall–Kier alpha value is -3.39. The van der Waals surface area contributed by atoms with E-state index in [0.717, 1.165) is 49.4 Å². The van der Waals surface area contributed by atoms with Crippen LogP contribution in [0.15, 0.2) is 52.0 Å². The smallest absolute Gasteiger partial charge is 0.261 e. The number of furan rings is 1. The van der Waals surface area contributed by atoms with Gasteiger partial charge in [-0.3, -0.25) is 14.4 Å². The molecule has 0 saturated heterocycles. The molecule has 1 aliphatic heterocycles. The van der Waals surface area contributed by atoms with Gasteiger partial charge in [-0.1, -0.05) is 13.0 Å². The second-order valence-corrected chi connectivity index (χ2v) is 9.91. The Kier molecular flexibility index (Phi) is 7.36. The zero-order chi connectivity index (χ0) is 26.0. The summed E-state index contributed by atoms with van der Waals surface area (Å²) in [5.74, 6) is -0.360. The highest BCUT2D eigenvalue weighted by molar-refractivity contribution is 6.19. The van der Waals surface area contributed by atoms with Crippen molar-refractivity contribution >= 4 is 34.2 Å². The van der Waals surface area contributed by atoms with Crippen LogP contribution in [0.4, 0.5) is 11.4 Å². The largest absolute Gasteiger partial charge is 0.464 e. The standard InChI is InChI=1S/C28H36N4O4/c1-6-30(16-17-31-15-12-24-21(25(31)33)13-18-36-24)14-8-9-20-10-11-22-23(19-20)29(5)26(34)28(3,4)27(35)32(22)7-2/h10-13,15,18-19H,6-9,14,16-17H2,1-5H3. The van der Waals surface area contributed by atoms with Gasteiger partial charge < -0.3 is 23.7 Å². The van der Waals surface area contributed by atoms with Gasteiger partial charge in [0.1, 0.15) is 11.0 Å². The SMILES string of the molecule is CCN(CCCc1ccc2c(c1)N(C)C(=O)C(C)(C)C(=O)N2CC)CCn1ccc2occc2c1=O. The van der Waals surface area contributed by atoms with Crippen LogP contribution >= 0.6 is 0 Å². The Labute approximate surface area is 212 Å². The van der Waals surface area contributed by atoms with Crippen LogP contribution in [-0.4, -0.2) is 54.5 Å². The summed E-state index contributed by atoms with van der Waals surface area (Å²) < 4.78 is 7.05. The van der Waals surface area contributed by atoms with Gasteiger partial charge in [-0.05, 0) is 76.5 Å². The molecule has 0 unspecified atom stereocenters. The number of aryl methyl sites for hydroxylation is 1. The minimum absolute atomic E-state index is 0.0243. The lowest BCUT2D eigenvalue weighted by Gasteiger charge is -2.27. The molecule has 0 saturated carbocycles. The molecule has 2 amide bonds. The van der Waals surface area contributed by atoms with E-state index >= 15 is 0 Å². The molecule has 0 fully saturated rings. The van der Waals surface area contributed by atoms with Crippen LogP contribution in [0.3, 0.4) is 0 Å². The van der Waals surface area contributed by atoms with Gasteiger partial charge in [0.2, 0.25) is 11.8 Å². The molecule has 0 N–H and O–H groups in total. The minimum Gasteiger partial charge on any atom is -0.464 e. The zero-order valence-corrected chi connectivity index (χ0v) is 21.9. The number of nitrogens with zero attached hydrogens (tertiary/aromatic N) is 4. The number of rotatable bonds is 9. The van der Waals surface area contributed by atoms with E-state index in [-0.39, 0.29) is 17.4 Å². The van der Waals surface area contributed by atoms with Crippen molar-refractivity contribution in [3.63, 3.8) is 0 Å². The van der Waals surface area contributed by atoms with Crippen LogP contribution < -0.4 is 15.4 Å². The minimum atomic E-state index is -1.10. The number of aromatic nitrogens is 1. The molecule has 4 rings (SSSR count). The molecule has 2 aromatic heterocycles. The normalized spacial score (nSPS) is 15.6. The first kappa shape index (κ1) is 25.7. The molecule has 0 radical (unpaired) electrons. The lowest BCUT2D eigenvalue weighted by Crippen LogP contribution is -2.47. The van der Waals surface area contributed by atoms with Gasteiger partial charge in [0.25, 0.3) is 5.56 Å². The van der Waals surface area contributed by atoms with Crippen LogP contribution in [0.2, 0.25) is 0 Å². The summed E-state index contributed by atoms with van der Waals surface area (Å²) >= 11 is 0. The number of carbonyl (C=O) groups excluding carboxylic acids is 2. The maximum Gasteiger partial charge on any atom is 0.261 e. The quantitative estimate of drug-likeness (QED) is 0.423. The van der Waals surface area contributed by atoms with E-state index in [1.807, 2.05) is 25.1 Å². The second kappa shape index (κ2) is 10.3. The van der Waals surface area contributed by atoms with E-state index in [1.54, 1.807) is 53.8 Å². The molecule has 1 aliphatic rings. The number of benzene rings is 1. The van der Waals surface area contributed by atoms with Gasteiger partial charge in [0, 0.05) is 32.9 Å². The predicted octanol–water partition coefficient (Wildman–Crippen LogP) is 3.90. The Morgan fingerprint density at radius 3 is 2.47 bits per heavy atom. The topological polar surface area (TPSA) is 79.0 Å². The Balaban J connectivity index is 1.41. The van der Waals surface area contributed by atoms with E-state index in [4.69, 9.17) is 4.42 Å². The first-order valence-electron chi connectivity index (χ1n) is 12.7. The number of hydrogen-bond donors (Lipinski definition) is 0. The molecule has 8 nitrogen and oxygen atoms in total. The van der Waals surface area contributed by atoms with Gasteiger partial charge in [-0.25, -0.2) is 0 Å². The number of fused-ring (bicyclic) bond motifs is 2. The van der Waals surface area contributed by atoms with E-state index < -0.39 is 5.41 Å². The lowest BCUT2D eigenvalue weighted by molar-refractivity contribution is -0.137. The average molecular weight is 493 g/mol. The summed E-state index contributed by atoms with van der Waals surface area (Å²) in [6, 6.07) is 9.62. The number of likely N-dealkylation sites (N-methyl/N-ethyl adjacent to an activating group) is 1. The van der Waals surface area contributed by atoms with E-state index in [1.165, 1.54) is 0 Å². The summed E-state index contributed by atoms with van der Waals surface area (Å²) in [4.78, 5) is 44.4. The number of anilines is 2. The van der Waals surface area contributed by atoms with Crippen molar-refractivity contribution in [3.05, 3.63) is 58.7 Å². The molecule has 0 atom stereocenters. The summed E-state index contributed by atoms with van der Waals surface area (Å²) in [7, 11) is 1.75. The van der Waals surface area contributed by atoms with Crippen molar-refractivity contribution in [3.8, 4) is 0 Å². The number of amides is 2. The highest BCUT2D eigenvalue weighted by Gasteiger charge is 2.45. The summed E-state index contributed by atoms with van der Waals surface area (Å²) in [6.07, 6.45) is 5.14. The van der Waals surface area contributed by atoms with Gasteiger partial charge in [0.05, 0.1) is 23.0 Å². The van der Waals surface area contributed by atoms with Crippen molar-refractivity contribution in [2.24, 2.45) is 5.41 Å². The fourth-order valence-electron chi connectivity index (χ4n) is 4.97. The van der Waals surface area contributed by atoms with Crippen molar-refractivity contribution < 1.29 is 14.0 Å². The first-order valence-corrected chi connectivity index (χ1v) is 12.7. The fraction of sp³-hybridized carbons (Fsp3) is 0.464. The third-order valence-electron chi connectivity index (χ3n) is 7.26. The van der Waals surface area contributed by atoms with Crippen molar-refractivity contribution in [1.82, 2.24) is 9.47 Å². The maximum atomic E-state index is 13.1. The highest BCUT2D eigenvalue weighted by Crippen LogP contribution is 2.38. The van der Waals surface area contributed by atoms with E-state index in [9.17, 15) is 14.4 Å². The molecular weight excluding hydrogens is 456 g/mol. The maximum absolute atomic E-state index is 13.1. The van der Waals surface area contributed by atoms with E-state index in [0.29, 0.717) is 24.1 Å². The predicted molar refractivity (Wildman–Crippen MR) is 143 cm³/mol. The summed E-state index contributed by atoms with van der Waals surface area (Å²) in [6.45, 7) is 11.2. The number of carbonyl (C=O) groups is 2. The summed E-state index contributed by atoms with van der Waals surface area (Å²) in [5, 5.41) is 0.610. The number of hydrogen-bond acceptors (Lipinski definition) is 5. The van der Waals surface area contributed by atoms with Gasteiger partial charge in [0.15, 0.2) is 0 Å². The fourth-order valence-corrected chi connectivity index (χ4v) is 4.97. The molecule has 0 spiro atoms. The van der Waals surface area contributed by atoms with Gasteiger partial charge in [-0.2, -0.15) is 0 Å². The lowest BCUT2D eigenvalue weighted by atomic mass is 9.90. The Morgan fingerprint density at radius 1 is 0.972 bits per heavy atom. The highest BCUT2D eigenvalue weighted by atomic mass is 16.3. The molecule has 36 heavy (non-hydrogen) atoms. The molecule has 8 heteroatoms. The molecule has 1 aromatic carbocycles. The Bertz CT molecular complexity index is 1320. The van der Waals surface area contributed by atoms with Gasteiger partial charge in [-0.15, -0.1) is 0 Å². The zero-order valence-electron chi connectivity index (χ0n) is 21.9. The Morgan fingerprint density at radius 2 is 1.75 bits per heavy atom. The molecule has 3 aromatic rings.